The van der Waals surface area contributed by atoms with E-state index in [1.165, 1.54) is 36.8 Å². The molecule has 1 N–H and O–H groups in total. The second-order valence-corrected chi connectivity index (χ2v) is 18.7. The molecule has 0 aliphatic heterocycles. The molecule has 0 saturated heterocycles. The van der Waals surface area contributed by atoms with Gasteiger partial charge in [0.25, 0.3) is 0 Å². The van der Waals surface area contributed by atoms with E-state index in [1.54, 1.807) is 6.08 Å². The van der Waals surface area contributed by atoms with Gasteiger partial charge in [-0.1, -0.05) is 11.8 Å². The number of hydrogen-bond acceptors (Lipinski definition) is 26. The SMILES string of the molecule is O=C([O-])CCN(c1cccc(S(=O)(=O)CCOS(=O)(=O)[O-])c1)c1nc(Cl)nc(Nc2cc(S(=O)(=O)[O-])cc(N=N/C(N=Nc3cc(S(=O)(=O)[O-])ccc3C(=O)[O-])=C3\C=CC=C[CH-]3)c2[O-])n1.[Cu+2].[H+].[H+].[Na+].[Na+].[Na+]. The van der Waals surface area contributed by atoms with Crippen molar-refractivity contribution >= 4 is 98.7 Å². The predicted molar refractivity (Wildman–Crippen MR) is 212 cm³/mol. The second kappa shape index (κ2) is 27.0. The average molecular weight is 1130 g/mol. The molecule has 1 aliphatic rings. The summed E-state index contributed by atoms with van der Waals surface area (Å²) < 4.78 is 134. The van der Waals surface area contributed by atoms with E-state index in [9.17, 15) is 72.2 Å². The Labute approximate surface area is 477 Å². The fraction of sp³-hybridized carbons (Fsp3) is 0.118. The molecule has 35 heteroatoms. The van der Waals surface area contributed by atoms with Crippen LogP contribution in [0.5, 0.6) is 5.75 Å². The molecule has 1 radical (unpaired) electrons. The first kappa shape index (κ1) is 63.8. The van der Waals surface area contributed by atoms with Crippen LogP contribution in [-0.4, -0.2) is 93.1 Å². The number of allylic oxidation sites excluding steroid dienone is 5. The molecule has 1 aliphatic carbocycles. The average Bonchev–Trinajstić information content (AvgIpc) is 3.20. The molecule has 353 valence electrons. The van der Waals surface area contributed by atoms with Crippen molar-refractivity contribution in [3.63, 3.8) is 0 Å². The second-order valence-electron chi connectivity index (χ2n) is 12.5. The van der Waals surface area contributed by atoms with E-state index in [-0.39, 0.29) is 120 Å². The van der Waals surface area contributed by atoms with E-state index in [2.05, 4.69) is 44.9 Å². The number of nitrogens with zero attached hydrogens (tertiary/aromatic N) is 8. The van der Waals surface area contributed by atoms with Gasteiger partial charge in [-0.15, -0.1) is 36.3 Å². The molecule has 1 heterocycles. The van der Waals surface area contributed by atoms with Gasteiger partial charge in [0.15, 0.2) is 9.84 Å². The summed E-state index contributed by atoms with van der Waals surface area (Å²) in [6.45, 7) is -1.58. The summed E-state index contributed by atoms with van der Waals surface area (Å²) in [4.78, 5) is 33.6. The fourth-order valence-electron chi connectivity index (χ4n) is 5.14. The van der Waals surface area contributed by atoms with Crippen molar-refractivity contribution in [2.75, 3.05) is 29.1 Å². The summed E-state index contributed by atoms with van der Waals surface area (Å²) in [5, 5.41) is 53.7. The zero-order valence-electron chi connectivity index (χ0n) is 37.2. The number of carboxylic acids is 2. The molecule has 0 saturated carbocycles. The summed E-state index contributed by atoms with van der Waals surface area (Å²) in [6.07, 6.45) is 6.52. The number of aliphatic carboxylic acids is 1. The molecule has 0 unspecified atom stereocenters. The Morgan fingerprint density at radius 1 is 0.812 bits per heavy atom. The third kappa shape index (κ3) is 18.7. The number of rotatable bonds is 19. The number of sulfone groups is 1. The molecule has 3 aromatic carbocycles. The number of halogens is 1. The Morgan fingerprint density at radius 3 is 2.03 bits per heavy atom. The summed E-state index contributed by atoms with van der Waals surface area (Å²) in [6, 6.07) is 7.62. The maximum absolute atomic E-state index is 13.8. The van der Waals surface area contributed by atoms with Crippen LogP contribution in [0, 0.1) is 6.42 Å². The fourth-order valence-corrected chi connectivity index (χ4v) is 7.82. The van der Waals surface area contributed by atoms with Gasteiger partial charge >= 0.3 is 109 Å². The van der Waals surface area contributed by atoms with Crippen LogP contribution in [0.3, 0.4) is 0 Å². The van der Waals surface area contributed by atoms with Crippen LogP contribution in [0.25, 0.3) is 0 Å². The first-order valence-corrected chi connectivity index (χ1v) is 23.5. The Kier molecular flexibility index (Phi) is 24.9. The van der Waals surface area contributed by atoms with Crippen molar-refractivity contribution in [2.24, 2.45) is 20.5 Å². The Balaban J connectivity index is 0. The predicted octanol–water partition coefficient (Wildman–Crippen LogP) is -8.31. The van der Waals surface area contributed by atoms with Crippen molar-refractivity contribution in [3.05, 3.63) is 108 Å². The van der Waals surface area contributed by atoms with Crippen molar-refractivity contribution in [3.8, 4) is 5.75 Å². The van der Waals surface area contributed by atoms with Crippen LogP contribution in [0.15, 0.2) is 125 Å². The molecule has 69 heavy (non-hydrogen) atoms. The molecular weight excluding hydrogens is 1100 g/mol. The van der Waals surface area contributed by atoms with Crippen molar-refractivity contribution in [1.82, 2.24) is 15.0 Å². The topological polar surface area (TPSA) is 422 Å². The molecule has 0 fully saturated rings. The Bertz CT molecular complexity index is 3220. The van der Waals surface area contributed by atoms with Crippen LogP contribution < -0.4 is 114 Å². The van der Waals surface area contributed by atoms with Crippen LogP contribution >= 0.6 is 11.6 Å². The van der Waals surface area contributed by atoms with Gasteiger partial charge in [-0.25, -0.2) is 33.7 Å². The number of carbonyl (C=O) groups excluding carboxylic acids is 2. The number of carboxylic acid groups (broad SMARTS) is 2. The zero-order valence-corrected chi connectivity index (χ0v) is 46.2. The van der Waals surface area contributed by atoms with Gasteiger partial charge in [-0.3, -0.25) is 4.18 Å². The van der Waals surface area contributed by atoms with Crippen molar-refractivity contribution in [2.45, 2.75) is 21.1 Å². The van der Waals surface area contributed by atoms with Gasteiger partial charge in [-0.2, -0.15) is 35.4 Å². The molecule has 0 spiro atoms. The number of nitrogens with one attached hydrogen (secondary N) is 1. The molecule has 0 atom stereocenters. The van der Waals surface area contributed by atoms with E-state index in [4.69, 9.17) is 11.6 Å². The molecular formula is C34H25ClCuN9Na3O17S4. The number of benzene rings is 3. The maximum atomic E-state index is 13.8. The zero-order chi connectivity index (χ0) is 47.9. The van der Waals surface area contributed by atoms with E-state index in [1.807, 2.05) is 0 Å². The summed E-state index contributed by atoms with van der Waals surface area (Å²) in [5.74, 6) is -7.32. The van der Waals surface area contributed by atoms with Gasteiger partial charge in [0, 0.05) is 35.9 Å². The van der Waals surface area contributed by atoms with Crippen molar-refractivity contribution < 1.29 is 185 Å². The molecule has 26 nitrogen and oxygen atoms in total. The van der Waals surface area contributed by atoms with Crippen molar-refractivity contribution in [1.29, 1.82) is 0 Å². The van der Waals surface area contributed by atoms with Crippen LogP contribution in [0.1, 0.15) is 19.6 Å². The number of azo groups is 2. The Hall–Kier alpha value is -3.25. The van der Waals surface area contributed by atoms with Gasteiger partial charge in [-0.05, 0) is 60.1 Å². The third-order valence-electron chi connectivity index (χ3n) is 8.04. The first-order chi connectivity index (χ1) is 30.3. The smallest absolute Gasteiger partial charge is 0.870 e. The van der Waals surface area contributed by atoms with Crippen LogP contribution in [0.4, 0.5) is 34.6 Å². The van der Waals surface area contributed by atoms with E-state index in [0.717, 1.165) is 23.1 Å². The third-order valence-corrected chi connectivity index (χ3v) is 12.0. The summed E-state index contributed by atoms with van der Waals surface area (Å²) >= 11 is 6.16. The molecule has 4 aromatic rings. The van der Waals surface area contributed by atoms with E-state index in [0.29, 0.717) is 24.3 Å². The van der Waals surface area contributed by atoms with Crippen LogP contribution in [-0.2, 0) is 66.5 Å². The number of aromatic carboxylic acids is 1. The molecule has 1 aromatic heterocycles. The van der Waals surface area contributed by atoms with Gasteiger partial charge in [0.2, 0.25) is 27.6 Å². The summed E-state index contributed by atoms with van der Waals surface area (Å²) in [7, 11) is -20.1. The molecule has 0 bridgehead atoms. The van der Waals surface area contributed by atoms with Crippen LogP contribution in [0.2, 0.25) is 5.28 Å². The molecule has 5 rings (SSSR count). The minimum atomic E-state index is -5.40. The standard InChI is InChI=1S/C34H29ClN9O17S4.Cu.3Na/c35-32-37-33(39-34(38-32)44(12-11-28(45)46)20-7-4-8-21(15-20)62(50,51)14-13-61-65(58,59)60)36-26-17-23(64(55,56)57)18-27(29(26)47)41-43-30(19-5-2-1-3-6-19)42-40-25-16-22(63(52,53)54)9-10-24(25)31(48)49;;;;/h1-10,15-18,47H,11-14H2,(H,45,46)(H,48,49)(H,52,53,54)(H,55,56,57)(H,58,59,60)(H,36,37,38,39);;;;/q-1;+2;3*+1/p-4. The van der Waals surface area contributed by atoms with E-state index >= 15 is 0 Å². The minimum Gasteiger partial charge on any atom is -0.870 e. The largest absolute Gasteiger partial charge is 2.00 e. The summed E-state index contributed by atoms with van der Waals surface area (Å²) in [5.41, 5.74) is -3.07. The normalized spacial score (nSPS) is 13.3. The van der Waals surface area contributed by atoms with Gasteiger partial charge < -0.3 is 48.8 Å². The number of carbonyl (C=O) groups is 2. The monoisotopic (exact) mass is 1130 g/mol. The quantitative estimate of drug-likeness (QED) is 0.0299. The number of anilines is 4. The number of hydrogen-bond donors (Lipinski definition) is 1. The maximum Gasteiger partial charge on any atom is 2.00 e. The van der Waals surface area contributed by atoms with E-state index < -0.39 is 144 Å². The van der Waals surface area contributed by atoms with Gasteiger partial charge in [0.05, 0.1) is 44.4 Å². The Morgan fingerprint density at radius 2 is 1.45 bits per heavy atom. The minimum absolute atomic E-state index is 0. The molecule has 0 amide bonds. The first-order valence-electron chi connectivity index (χ1n) is 17.3. The number of aromatic nitrogens is 3. The van der Waals surface area contributed by atoms with Gasteiger partial charge in [0.1, 0.15) is 26.1 Å².